The number of benzene rings is 3. The van der Waals surface area contributed by atoms with Crippen molar-refractivity contribution in [1.82, 2.24) is 15.3 Å². The number of nitrogens with one attached hydrogen (secondary N) is 2. The first-order chi connectivity index (χ1) is 19.6. The van der Waals surface area contributed by atoms with Crippen LogP contribution < -0.4 is 15.4 Å². The first-order valence-electron chi connectivity index (χ1n) is 12.7. The predicted molar refractivity (Wildman–Crippen MR) is 154 cm³/mol. The van der Waals surface area contributed by atoms with Crippen molar-refractivity contribution in [2.75, 3.05) is 31.7 Å². The van der Waals surface area contributed by atoms with E-state index in [1.54, 1.807) is 31.2 Å². The molecule has 8 nitrogen and oxygen atoms in total. The molecule has 1 aliphatic rings. The van der Waals surface area contributed by atoms with Crippen molar-refractivity contribution in [1.29, 1.82) is 0 Å². The average Bonchev–Trinajstić information content (AvgIpc) is 2.97. The Morgan fingerprint density at radius 1 is 1.20 bits per heavy atom. The molecule has 1 fully saturated rings. The number of aromatic nitrogens is 2. The first-order valence-corrected chi connectivity index (χ1v) is 13.1. The van der Waals surface area contributed by atoms with E-state index in [1.165, 1.54) is 18.5 Å². The molecule has 1 atom stereocenters. The molecule has 0 bridgehead atoms. The van der Waals surface area contributed by atoms with Crippen molar-refractivity contribution in [2.45, 2.75) is 19.6 Å². The number of halogens is 2. The Morgan fingerprint density at radius 2 is 2.12 bits per heavy atom. The van der Waals surface area contributed by atoms with Gasteiger partial charge in [-0.2, -0.15) is 0 Å². The van der Waals surface area contributed by atoms with Gasteiger partial charge in [0.15, 0.2) is 5.71 Å². The minimum atomic E-state index is -0.313. The van der Waals surface area contributed by atoms with E-state index in [2.05, 4.69) is 37.6 Å². The largest absolute Gasteiger partial charge is 0.487 e. The highest BCUT2D eigenvalue weighted by atomic mass is 35.5. The van der Waals surface area contributed by atoms with Crippen LogP contribution in [0.1, 0.15) is 18.1 Å². The number of fused-ring (bicyclic) bond motifs is 1. The smallest absolute Gasteiger partial charge is 0.159 e. The Labute approximate surface area is 236 Å². The number of nitrogens with zero attached hydrogens (tertiary/aromatic N) is 3. The molecule has 0 saturated carbocycles. The average molecular weight is 560 g/mol. The molecule has 1 saturated heterocycles. The van der Waals surface area contributed by atoms with Crippen molar-refractivity contribution >= 4 is 39.7 Å². The normalized spacial score (nSPS) is 15.3. The van der Waals surface area contributed by atoms with Crippen LogP contribution in [0.5, 0.6) is 5.75 Å². The van der Waals surface area contributed by atoms with Gasteiger partial charge in [-0.15, -0.1) is 0 Å². The van der Waals surface area contributed by atoms with Crippen LogP contribution in [0.4, 0.5) is 15.9 Å². The number of oxime groups is 1. The first kappa shape index (κ1) is 27.3. The highest BCUT2D eigenvalue weighted by molar-refractivity contribution is 6.32. The third kappa shape index (κ3) is 7.04. The molecule has 10 heteroatoms. The second-order valence-corrected chi connectivity index (χ2v) is 9.39. The molecule has 0 radical (unpaired) electrons. The molecule has 2 heterocycles. The van der Waals surface area contributed by atoms with E-state index in [1.807, 2.05) is 24.3 Å². The minimum Gasteiger partial charge on any atom is -0.487 e. The number of hydrogen-bond donors (Lipinski definition) is 2. The monoisotopic (exact) mass is 559 g/mol. The van der Waals surface area contributed by atoms with Crippen molar-refractivity contribution in [2.24, 2.45) is 5.16 Å². The molecule has 0 amide bonds. The van der Waals surface area contributed by atoms with Gasteiger partial charge in [-0.1, -0.05) is 34.8 Å². The number of hydrogen-bond acceptors (Lipinski definition) is 8. The van der Waals surface area contributed by atoms with Crippen LogP contribution in [0.3, 0.4) is 0 Å². The maximum Gasteiger partial charge on any atom is 0.159 e. The van der Waals surface area contributed by atoms with Gasteiger partial charge < -0.3 is 24.9 Å². The van der Waals surface area contributed by atoms with Crippen molar-refractivity contribution in [3.05, 3.63) is 89.0 Å². The van der Waals surface area contributed by atoms with E-state index >= 15 is 0 Å². The summed E-state index contributed by atoms with van der Waals surface area (Å²) < 4.78 is 24.7. The summed E-state index contributed by atoms with van der Waals surface area (Å²) in [6, 6.07) is 17.4. The maximum absolute atomic E-state index is 13.4. The third-order valence-corrected chi connectivity index (χ3v) is 6.36. The number of morpholine rings is 1. The zero-order valence-corrected chi connectivity index (χ0v) is 22.5. The molecule has 1 aromatic heterocycles. The van der Waals surface area contributed by atoms with Crippen molar-refractivity contribution in [3.63, 3.8) is 0 Å². The molecule has 4 aromatic rings. The van der Waals surface area contributed by atoms with Gasteiger partial charge in [-0.3, -0.25) is 0 Å². The quantitative estimate of drug-likeness (QED) is 0.159. The lowest BCUT2D eigenvalue weighted by molar-refractivity contribution is 0.0312. The van der Waals surface area contributed by atoms with Gasteiger partial charge >= 0.3 is 0 Å². The molecule has 0 spiro atoms. The van der Waals surface area contributed by atoms with Crippen molar-refractivity contribution < 1.29 is 18.7 Å². The summed E-state index contributed by atoms with van der Waals surface area (Å²) in [5, 5.41) is 12.1. The predicted octanol–water partition coefficient (Wildman–Crippen LogP) is 5.48. The van der Waals surface area contributed by atoms with Crippen LogP contribution in [-0.2, 0) is 16.2 Å². The summed E-state index contributed by atoms with van der Waals surface area (Å²) in [6.45, 7) is 4.39. The summed E-state index contributed by atoms with van der Waals surface area (Å²) >= 11 is 6.49. The molecule has 5 rings (SSSR count). The Morgan fingerprint density at radius 3 is 2.92 bits per heavy atom. The van der Waals surface area contributed by atoms with Gasteiger partial charge in [0.1, 0.15) is 36.9 Å². The molecule has 40 heavy (non-hydrogen) atoms. The highest BCUT2D eigenvalue weighted by Crippen LogP contribution is 2.31. The zero-order chi connectivity index (χ0) is 27.7. The number of rotatable bonds is 9. The van der Waals surface area contributed by atoms with E-state index in [0.717, 1.165) is 23.0 Å². The summed E-state index contributed by atoms with van der Waals surface area (Å²) in [7, 11) is 0. The van der Waals surface area contributed by atoms with Crippen LogP contribution >= 0.6 is 11.6 Å². The Bertz CT molecular complexity index is 1580. The fraction of sp³-hybridized carbons (Fsp3) is 0.233. The van der Waals surface area contributed by atoms with Crippen molar-refractivity contribution in [3.8, 4) is 17.6 Å². The van der Waals surface area contributed by atoms with Gasteiger partial charge in [-0.05, 0) is 66.9 Å². The summed E-state index contributed by atoms with van der Waals surface area (Å²) in [5.41, 5.74) is 3.43. The second-order valence-electron chi connectivity index (χ2n) is 8.98. The Hall–Kier alpha value is -4.23. The van der Waals surface area contributed by atoms with Crippen LogP contribution in [0.15, 0.2) is 72.1 Å². The third-order valence-electron chi connectivity index (χ3n) is 6.06. The Balaban J connectivity index is 1.33. The molecule has 3 aromatic carbocycles. The van der Waals surface area contributed by atoms with E-state index in [-0.39, 0.29) is 18.5 Å². The second kappa shape index (κ2) is 13.2. The zero-order valence-electron chi connectivity index (χ0n) is 21.8. The van der Waals surface area contributed by atoms with Gasteiger partial charge in [0.2, 0.25) is 0 Å². The maximum atomic E-state index is 13.4. The van der Waals surface area contributed by atoms with Gasteiger partial charge in [0.05, 0.1) is 29.8 Å². The van der Waals surface area contributed by atoms with E-state index in [0.29, 0.717) is 53.4 Å². The number of anilines is 2. The van der Waals surface area contributed by atoms with Gasteiger partial charge in [-0.25, -0.2) is 14.4 Å². The van der Waals surface area contributed by atoms with Gasteiger partial charge in [0, 0.05) is 23.2 Å². The van der Waals surface area contributed by atoms with Crippen LogP contribution in [0.2, 0.25) is 5.02 Å². The molecular formula is C30H27ClFN5O3. The van der Waals surface area contributed by atoms with Crippen LogP contribution in [-0.4, -0.2) is 48.1 Å². The lowest BCUT2D eigenvalue weighted by Crippen LogP contribution is -2.43. The summed E-state index contributed by atoms with van der Waals surface area (Å²) in [5.74, 6) is 6.68. The molecule has 1 aliphatic heterocycles. The molecule has 0 aliphatic carbocycles. The lowest BCUT2D eigenvalue weighted by Gasteiger charge is -2.22. The van der Waals surface area contributed by atoms with E-state index < -0.39 is 0 Å². The topological polar surface area (TPSA) is 89.9 Å². The fourth-order valence-electron chi connectivity index (χ4n) is 4.11. The standard InChI is InChI=1S/C30H27ClFN5O3/c1-2-4-27(37-40-18-24-17-38-12-11-33-24)21-7-9-28-25(14-21)30(35-19-34-28)36-23-8-10-29(26(31)15-23)39-16-20-5-3-6-22(32)13-20/h3,5-10,13-15,19,24,33H,11-12,16-18H2,1H3,(H,34,35,36)/b37-27+/t24-/m1/s1. The minimum absolute atomic E-state index is 0.0825. The Kier molecular flexibility index (Phi) is 9.04. The lowest BCUT2D eigenvalue weighted by atomic mass is 10.1. The molecule has 0 unspecified atom stereocenters. The molecular weight excluding hydrogens is 533 g/mol. The van der Waals surface area contributed by atoms with Gasteiger partial charge in [0.25, 0.3) is 0 Å². The fourth-order valence-corrected chi connectivity index (χ4v) is 4.34. The highest BCUT2D eigenvalue weighted by Gasteiger charge is 2.14. The summed E-state index contributed by atoms with van der Waals surface area (Å²) in [6.07, 6.45) is 1.49. The summed E-state index contributed by atoms with van der Waals surface area (Å²) in [4.78, 5) is 14.4. The molecule has 2 N–H and O–H groups in total. The SMILES string of the molecule is CC#C/C(=N\OC[C@H]1COCCN1)c1ccc2ncnc(Nc3ccc(OCc4cccc(F)c4)c(Cl)c3)c2c1. The molecule has 204 valence electrons. The van der Waals surface area contributed by atoms with Crippen LogP contribution in [0.25, 0.3) is 10.9 Å². The van der Waals surface area contributed by atoms with Crippen LogP contribution in [0, 0.1) is 17.7 Å². The van der Waals surface area contributed by atoms with E-state index in [9.17, 15) is 4.39 Å². The number of ether oxygens (including phenoxy) is 2. The van der Waals surface area contributed by atoms with E-state index in [4.69, 9.17) is 25.9 Å².